The van der Waals surface area contributed by atoms with Crippen LogP contribution in [0.4, 0.5) is 0 Å². The lowest BCUT2D eigenvalue weighted by Gasteiger charge is -2.05. The summed E-state index contributed by atoms with van der Waals surface area (Å²) in [6.07, 6.45) is 2.05. The second kappa shape index (κ2) is 7.78. The number of carboxylic acid groups (broad SMARTS) is 1. The Morgan fingerprint density at radius 2 is 1.96 bits per heavy atom. The zero-order valence-electron chi connectivity index (χ0n) is 12.3. The predicted octanol–water partition coefficient (Wildman–Crippen LogP) is 2.82. The summed E-state index contributed by atoms with van der Waals surface area (Å²) < 4.78 is 5.42. The van der Waals surface area contributed by atoms with E-state index in [1.54, 1.807) is 12.1 Å². The van der Waals surface area contributed by atoms with Crippen LogP contribution in [0, 0.1) is 0 Å². The summed E-state index contributed by atoms with van der Waals surface area (Å²) in [5.41, 5.74) is -0.0335. The monoisotopic (exact) mass is 337 g/mol. The maximum atomic E-state index is 12.0. The molecule has 2 aromatic rings. The van der Waals surface area contributed by atoms with E-state index in [-0.39, 0.29) is 17.6 Å². The van der Waals surface area contributed by atoms with Gasteiger partial charge in [-0.2, -0.15) is 0 Å². The molecule has 1 heterocycles. The number of fused-ring (bicyclic) bond motifs is 1. The SMILES string of the molecule is O=C(O)CCCCCNC(=O)c1cc(=O)c2cc(Cl)ccc2o1. The third kappa shape index (κ3) is 4.82. The van der Waals surface area contributed by atoms with Crippen molar-refractivity contribution in [3.63, 3.8) is 0 Å². The van der Waals surface area contributed by atoms with Gasteiger partial charge in [0.1, 0.15) is 5.58 Å². The number of amides is 1. The minimum Gasteiger partial charge on any atom is -0.481 e. The molecule has 122 valence electrons. The summed E-state index contributed by atoms with van der Waals surface area (Å²) >= 11 is 5.83. The molecule has 1 aromatic heterocycles. The van der Waals surface area contributed by atoms with Gasteiger partial charge in [0.05, 0.1) is 5.39 Å². The zero-order valence-corrected chi connectivity index (χ0v) is 13.1. The van der Waals surface area contributed by atoms with Crippen LogP contribution in [0.3, 0.4) is 0 Å². The van der Waals surface area contributed by atoms with Crippen LogP contribution in [-0.4, -0.2) is 23.5 Å². The smallest absolute Gasteiger partial charge is 0.303 e. The Bertz CT molecular complexity index is 784. The van der Waals surface area contributed by atoms with Crippen molar-refractivity contribution in [1.82, 2.24) is 5.32 Å². The molecule has 0 atom stereocenters. The predicted molar refractivity (Wildman–Crippen MR) is 85.9 cm³/mol. The Hall–Kier alpha value is -2.34. The van der Waals surface area contributed by atoms with Crippen molar-refractivity contribution in [1.29, 1.82) is 0 Å². The van der Waals surface area contributed by atoms with Gasteiger partial charge in [0.25, 0.3) is 5.91 Å². The number of rotatable bonds is 7. The minimum absolute atomic E-state index is 0.0599. The van der Waals surface area contributed by atoms with Crippen molar-refractivity contribution in [2.45, 2.75) is 25.7 Å². The average molecular weight is 338 g/mol. The normalized spacial score (nSPS) is 10.7. The molecule has 0 radical (unpaired) electrons. The Balaban J connectivity index is 1.95. The molecule has 1 amide bonds. The highest BCUT2D eigenvalue weighted by Crippen LogP contribution is 2.17. The quantitative estimate of drug-likeness (QED) is 0.757. The van der Waals surface area contributed by atoms with Crippen molar-refractivity contribution in [3.05, 3.63) is 45.3 Å². The molecule has 0 spiro atoms. The third-order valence-corrected chi connectivity index (χ3v) is 3.50. The second-order valence-electron chi connectivity index (χ2n) is 5.08. The van der Waals surface area contributed by atoms with Crippen molar-refractivity contribution in [3.8, 4) is 0 Å². The van der Waals surface area contributed by atoms with Gasteiger partial charge in [-0.25, -0.2) is 0 Å². The first-order chi connectivity index (χ1) is 11.0. The van der Waals surface area contributed by atoms with E-state index in [4.69, 9.17) is 21.1 Å². The standard InChI is InChI=1S/C16H16ClNO5/c17-10-5-6-13-11(8-10)12(19)9-14(23-13)16(22)18-7-3-1-2-4-15(20)21/h5-6,8-9H,1-4,7H2,(H,18,22)(H,20,21). The molecule has 0 saturated heterocycles. The van der Waals surface area contributed by atoms with E-state index in [9.17, 15) is 14.4 Å². The fourth-order valence-corrected chi connectivity index (χ4v) is 2.28. The van der Waals surface area contributed by atoms with E-state index in [1.807, 2.05) is 0 Å². The van der Waals surface area contributed by atoms with Crippen LogP contribution < -0.4 is 10.7 Å². The van der Waals surface area contributed by atoms with E-state index in [0.29, 0.717) is 41.8 Å². The zero-order chi connectivity index (χ0) is 16.8. The molecule has 0 aliphatic heterocycles. The molecule has 0 bridgehead atoms. The topological polar surface area (TPSA) is 96.6 Å². The molecular formula is C16H16ClNO5. The van der Waals surface area contributed by atoms with Gasteiger partial charge in [-0.1, -0.05) is 18.0 Å². The number of hydrogen-bond donors (Lipinski definition) is 2. The lowest BCUT2D eigenvalue weighted by Crippen LogP contribution is -2.25. The Kier molecular flexibility index (Phi) is 5.76. The highest BCUT2D eigenvalue weighted by Gasteiger charge is 2.12. The largest absolute Gasteiger partial charge is 0.481 e. The fraction of sp³-hybridized carbons (Fsp3) is 0.312. The van der Waals surface area contributed by atoms with Gasteiger partial charge in [0.2, 0.25) is 0 Å². The number of hydrogen-bond acceptors (Lipinski definition) is 4. The van der Waals surface area contributed by atoms with Gasteiger partial charge < -0.3 is 14.8 Å². The summed E-state index contributed by atoms with van der Waals surface area (Å²) in [5, 5.41) is 11.9. The molecule has 7 heteroatoms. The van der Waals surface area contributed by atoms with Gasteiger partial charge in [-0.05, 0) is 31.0 Å². The first-order valence-corrected chi connectivity index (χ1v) is 7.58. The van der Waals surface area contributed by atoms with Gasteiger partial charge >= 0.3 is 5.97 Å². The van der Waals surface area contributed by atoms with E-state index < -0.39 is 11.9 Å². The van der Waals surface area contributed by atoms with Gasteiger partial charge in [-0.15, -0.1) is 0 Å². The Morgan fingerprint density at radius 1 is 1.17 bits per heavy atom. The van der Waals surface area contributed by atoms with E-state index in [1.165, 1.54) is 6.07 Å². The van der Waals surface area contributed by atoms with Gasteiger partial charge in [0, 0.05) is 24.1 Å². The van der Waals surface area contributed by atoms with Crippen LogP contribution in [0.5, 0.6) is 0 Å². The first kappa shape index (κ1) is 17.0. The molecule has 0 aliphatic carbocycles. The van der Waals surface area contributed by atoms with Crippen molar-refractivity contribution < 1.29 is 19.1 Å². The molecule has 1 aromatic carbocycles. The van der Waals surface area contributed by atoms with Crippen LogP contribution in [0.15, 0.2) is 33.5 Å². The molecule has 23 heavy (non-hydrogen) atoms. The fourth-order valence-electron chi connectivity index (χ4n) is 2.11. The van der Waals surface area contributed by atoms with Crippen molar-refractivity contribution >= 4 is 34.4 Å². The lowest BCUT2D eigenvalue weighted by molar-refractivity contribution is -0.137. The van der Waals surface area contributed by atoms with Crippen LogP contribution in [0.2, 0.25) is 5.02 Å². The number of carboxylic acids is 1. The van der Waals surface area contributed by atoms with E-state index >= 15 is 0 Å². The Labute approximate surface area is 137 Å². The summed E-state index contributed by atoms with van der Waals surface area (Å²) in [4.78, 5) is 34.3. The number of unbranched alkanes of at least 4 members (excludes halogenated alkanes) is 2. The summed E-state index contributed by atoms with van der Waals surface area (Å²) in [7, 11) is 0. The van der Waals surface area contributed by atoms with E-state index in [0.717, 1.165) is 6.07 Å². The molecule has 2 N–H and O–H groups in total. The van der Waals surface area contributed by atoms with E-state index in [2.05, 4.69) is 5.32 Å². The highest BCUT2D eigenvalue weighted by atomic mass is 35.5. The van der Waals surface area contributed by atoms with Crippen LogP contribution in [-0.2, 0) is 4.79 Å². The average Bonchev–Trinajstić information content (AvgIpc) is 2.50. The summed E-state index contributed by atoms with van der Waals surface area (Å²) in [5.74, 6) is -1.36. The number of carbonyl (C=O) groups is 2. The molecule has 2 rings (SSSR count). The van der Waals surface area contributed by atoms with Gasteiger partial charge in [-0.3, -0.25) is 14.4 Å². The molecule has 0 fully saturated rings. The van der Waals surface area contributed by atoms with Crippen molar-refractivity contribution in [2.24, 2.45) is 0 Å². The molecule has 6 nitrogen and oxygen atoms in total. The molecule has 0 unspecified atom stereocenters. The molecular weight excluding hydrogens is 322 g/mol. The Morgan fingerprint density at radius 3 is 2.70 bits per heavy atom. The van der Waals surface area contributed by atoms with Crippen LogP contribution >= 0.6 is 11.6 Å². The molecule has 0 saturated carbocycles. The summed E-state index contributed by atoms with van der Waals surface area (Å²) in [6, 6.07) is 5.75. The third-order valence-electron chi connectivity index (χ3n) is 3.27. The number of benzene rings is 1. The number of halogens is 1. The van der Waals surface area contributed by atoms with Crippen LogP contribution in [0.1, 0.15) is 36.2 Å². The molecule has 0 aliphatic rings. The first-order valence-electron chi connectivity index (χ1n) is 7.21. The van der Waals surface area contributed by atoms with Crippen molar-refractivity contribution in [2.75, 3.05) is 6.54 Å². The number of carbonyl (C=O) groups excluding carboxylic acids is 1. The van der Waals surface area contributed by atoms with Gasteiger partial charge in [0.15, 0.2) is 11.2 Å². The maximum absolute atomic E-state index is 12.0. The second-order valence-corrected chi connectivity index (χ2v) is 5.51. The minimum atomic E-state index is -0.827. The highest BCUT2D eigenvalue weighted by molar-refractivity contribution is 6.31. The lowest BCUT2D eigenvalue weighted by atomic mass is 10.2. The number of nitrogens with one attached hydrogen (secondary N) is 1. The number of aliphatic carboxylic acids is 1. The maximum Gasteiger partial charge on any atom is 0.303 e. The summed E-state index contributed by atoms with van der Waals surface area (Å²) in [6.45, 7) is 0.390. The van der Waals surface area contributed by atoms with Crippen LogP contribution in [0.25, 0.3) is 11.0 Å².